The van der Waals surface area contributed by atoms with E-state index in [1.165, 1.54) is 0 Å². The number of nitrogens with zero attached hydrogens (tertiary/aromatic N) is 2. The van der Waals surface area contributed by atoms with Crippen molar-refractivity contribution in [3.63, 3.8) is 0 Å². The number of carboxylic acids is 1. The lowest BCUT2D eigenvalue weighted by Crippen LogP contribution is -2.38. The molecule has 0 saturated carbocycles. The molecular formula is C8H8N2O3. The standard InChI is InChI=1S/C8H8N2O3/c11-8(12)7-9-5-3-1-2-4-6(5)10(7)13/h1-6,13H,(H,11,12). The molecule has 2 aliphatic rings. The minimum Gasteiger partial charge on any atom is -0.475 e. The molecule has 1 heterocycles. The van der Waals surface area contributed by atoms with E-state index < -0.39 is 5.97 Å². The molecule has 2 unspecified atom stereocenters. The van der Waals surface area contributed by atoms with Gasteiger partial charge in [-0.3, -0.25) is 10.2 Å². The maximum Gasteiger partial charge on any atom is 0.373 e. The van der Waals surface area contributed by atoms with Crippen molar-refractivity contribution in [1.82, 2.24) is 5.06 Å². The van der Waals surface area contributed by atoms with Crippen molar-refractivity contribution >= 4 is 11.8 Å². The number of amidine groups is 1. The van der Waals surface area contributed by atoms with Crippen LogP contribution in [0.5, 0.6) is 0 Å². The van der Waals surface area contributed by atoms with E-state index in [-0.39, 0.29) is 17.9 Å². The summed E-state index contributed by atoms with van der Waals surface area (Å²) in [6.07, 6.45) is 7.00. The monoisotopic (exact) mass is 180 g/mol. The SMILES string of the molecule is O=C(O)C1=NC2C=CC=CC2N1O. The summed E-state index contributed by atoms with van der Waals surface area (Å²) in [6.45, 7) is 0. The van der Waals surface area contributed by atoms with Crippen LogP contribution in [-0.2, 0) is 4.79 Å². The molecule has 1 aliphatic carbocycles. The summed E-state index contributed by atoms with van der Waals surface area (Å²) >= 11 is 0. The summed E-state index contributed by atoms with van der Waals surface area (Å²) in [5, 5.41) is 18.7. The molecule has 13 heavy (non-hydrogen) atoms. The molecule has 1 aliphatic heterocycles. The highest BCUT2D eigenvalue weighted by Crippen LogP contribution is 2.21. The highest BCUT2D eigenvalue weighted by atomic mass is 16.5. The average Bonchev–Trinajstić information content (AvgIpc) is 2.45. The molecule has 68 valence electrons. The summed E-state index contributed by atoms with van der Waals surface area (Å²) in [5.41, 5.74) is 0. The number of aliphatic carboxylic acids is 1. The van der Waals surface area contributed by atoms with Crippen LogP contribution in [0.15, 0.2) is 29.3 Å². The molecule has 5 heteroatoms. The normalized spacial score (nSPS) is 30.2. The second-order valence-corrected chi connectivity index (χ2v) is 2.85. The zero-order valence-electron chi connectivity index (χ0n) is 6.66. The van der Waals surface area contributed by atoms with Gasteiger partial charge in [0.1, 0.15) is 6.04 Å². The Morgan fingerprint density at radius 1 is 1.46 bits per heavy atom. The number of carbonyl (C=O) groups is 1. The lowest BCUT2D eigenvalue weighted by Gasteiger charge is -2.20. The molecule has 2 atom stereocenters. The number of fused-ring (bicyclic) bond motifs is 1. The fraction of sp³-hybridized carbons (Fsp3) is 0.250. The topological polar surface area (TPSA) is 73.1 Å². The van der Waals surface area contributed by atoms with Crippen LogP contribution < -0.4 is 0 Å². The van der Waals surface area contributed by atoms with Gasteiger partial charge in [0.15, 0.2) is 0 Å². The molecule has 0 radical (unpaired) electrons. The Kier molecular flexibility index (Phi) is 1.66. The third-order valence-corrected chi connectivity index (χ3v) is 2.04. The maximum atomic E-state index is 10.6. The quantitative estimate of drug-likeness (QED) is 0.597. The average molecular weight is 180 g/mol. The van der Waals surface area contributed by atoms with E-state index in [1.54, 1.807) is 24.3 Å². The molecule has 0 bridgehead atoms. The minimum absolute atomic E-state index is 0.277. The van der Waals surface area contributed by atoms with Crippen molar-refractivity contribution in [3.8, 4) is 0 Å². The Hall–Kier alpha value is -1.62. The minimum atomic E-state index is -1.21. The van der Waals surface area contributed by atoms with Crippen LogP contribution in [0, 0.1) is 0 Å². The summed E-state index contributed by atoms with van der Waals surface area (Å²) in [5.74, 6) is -1.51. The highest BCUT2D eigenvalue weighted by Gasteiger charge is 2.36. The third-order valence-electron chi connectivity index (χ3n) is 2.04. The van der Waals surface area contributed by atoms with Gasteiger partial charge >= 0.3 is 5.97 Å². The zero-order valence-corrected chi connectivity index (χ0v) is 6.66. The van der Waals surface area contributed by atoms with Crippen molar-refractivity contribution in [2.45, 2.75) is 12.1 Å². The van der Waals surface area contributed by atoms with Crippen molar-refractivity contribution < 1.29 is 15.1 Å². The number of hydrogen-bond donors (Lipinski definition) is 2. The molecule has 0 spiro atoms. The Labute approximate surface area is 74.3 Å². The van der Waals surface area contributed by atoms with Gasteiger partial charge in [-0.2, -0.15) is 0 Å². The van der Waals surface area contributed by atoms with E-state index in [9.17, 15) is 10.0 Å². The molecule has 0 fully saturated rings. The van der Waals surface area contributed by atoms with Crippen LogP contribution in [-0.4, -0.2) is 39.3 Å². The van der Waals surface area contributed by atoms with Crippen molar-refractivity contribution in [2.75, 3.05) is 0 Å². The van der Waals surface area contributed by atoms with Gasteiger partial charge in [0, 0.05) is 0 Å². The van der Waals surface area contributed by atoms with Crippen molar-refractivity contribution in [1.29, 1.82) is 0 Å². The van der Waals surface area contributed by atoms with Crippen LogP contribution >= 0.6 is 0 Å². The van der Waals surface area contributed by atoms with Crippen LogP contribution in [0.1, 0.15) is 0 Å². The smallest absolute Gasteiger partial charge is 0.373 e. The molecular weight excluding hydrogens is 172 g/mol. The predicted octanol–water partition coefficient (Wildman–Crippen LogP) is 0.0375. The Morgan fingerprint density at radius 2 is 2.15 bits per heavy atom. The molecule has 5 nitrogen and oxygen atoms in total. The number of aliphatic imine (C=N–C) groups is 1. The molecule has 0 saturated heterocycles. The molecule has 2 N–H and O–H groups in total. The van der Waals surface area contributed by atoms with Crippen LogP contribution in [0.2, 0.25) is 0 Å². The molecule has 0 aromatic carbocycles. The highest BCUT2D eigenvalue weighted by molar-refractivity contribution is 6.34. The first-order valence-electron chi connectivity index (χ1n) is 3.84. The fourth-order valence-electron chi connectivity index (χ4n) is 1.42. The summed E-state index contributed by atoms with van der Waals surface area (Å²) in [7, 11) is 0. The van der Waals surface area contributed by atoms with Gasteiger partial charge in [-0.05, 0) is 0 Å². The third kappa shape index (κ3) is 1.13. The second-order valence-electron chi connectivity index (χ2n) is 2.85. The maximum absolute atomic E-state index is 10.6. The molecule has 2 rings (SSSR count). The van der Waals surface area contributed by atoms with Gasteiger partial charge in [0.2, 0.25) is 5.84 Å². The van der Waals surface area contributed by atoms with E-state index in [0.717, 1.165) is 0 Å². The van der Waals surface area contributed by atoms with Gasteiger partial charge in [-0.15, -0.1) is 0 Å². The van der Waals surface area contributed by atoms with Gasteiger partial charge in [0.25, 0.3) is 0 Å². The molecule has 0 amide bonds. The predicted molar refractivity (Wildman–Crippen MR) is 44.6 cm³/mol. The molecule has 0 aromatic rings. The van der Waals surface area contributed by atoms with Gasteiger partial charge in [-0.25, -0.2) is 9.86 Å². The second kappa shape index (κ2) is 2.70. The largest absolute Gasteiger partial charge is 0.475 e. The van der Waals surface area contributed by atoms with E-state index in [0.29, 0.717) is 5.06 Å². The first kappa shape index (κ1) is 8.00. The fourth-order valence-corrected chi connectivity index (χ4v) is 1.42. The molecule has 0 aromatic heterocycles. The number of hydroxylamine groups is 2. The van der Waals surface area contributed by atoms with E-state index in [1.807, 2.05) is 0 Å². The van der Waals surface area contributed by atoms with Crippen LogP contribution in [0.25, 0.3) is 0 Å². The van der Waals surface area contributed by atoms with Crippen molar-refractivity contribution in [3.05, 3.63) is 24.3 Å². The Balaban J connectivity index is 2.31. The first-order chi connectivity index (χ1) is 6.20. The number of hydrogen-bond acceptors (Lipinski definition) is 4. The first-order valence-corrected chi connectivity index (χ1v) is 3.84. The Morgan fingerprint density at radius 3 is 2.77 bits per heavy atom. The van der Waals surface area contributed by atoms with Gasteiger partial charge in [-0.1, -0.05) is 24.3 Å². The summed E-state index contributed by atoms with van der Waals surface area (Å²) in [6, 6.07) is -0.641. The van der Waals surface area contributed by atoms with E-state index in [4.69, 9.17) is 5.11 Å². The Bertz CT molecular complexity index is 332. The lowest BCUT2D eigenvalue weighted by molar-refractivity contribution is -0.133. The zero-order chi connectivity index (χ0) is 9.42. The number of carboxylic acid groups (broad SMARTS) is 1. The summed E-state index contributed by atoms with van der Waals surface area (Å²) < 4.78 is 0. The summed E-state index contributed by atoms with van der Waals surface area (Å²) in [4.78, 5) is 14.4. The van der Waals surface area contributed by atoms with Crippen LogP contribution in [0.4, 0.5) is 0 Å². The lowest BCUT2D eigenvalue weighted by atomic mass is 10.1. The van der Waals surface area contributed by atoms with Gasteiger partial charge < -0.3 is 5.11 Å². The van der Waals surface area contributed by atoms with Gasteiger partial charge in [0.05, 0.1) is 6.04 Å². The van der Waals surface area contributed by atoms with Crippen molar-refractivity contribution in [2.24, 2.45) is 4.99 Å². The number of allylic oxidation sites excluding steroid dienone is 2. The van der Waals surface area contributed by atoms with E-state index >= 15 is 0 Å². The van der Waals surface area contributed by atoms with Crippen LogP contribution in [0.3, 0.4) is 0 Å². The van der Waals surface area contributed by atoms with E-state index in [2.05, 4.69) is 4.99 Å². The number of rotatable bonds is 1.